The van der Waals surface area contributed by atoms with Crippen LogP contribution >= 0.6 is 0 Å². The molecule has 122 valence electrons. The van der Waals surface area contributed by atoms with Crippen LogP contribution in [0.5, 0.6) is 0 Å². The molecule has 0 aliphatic carbocycles. The highest BCUT2D eigenvalue weighted by molar-refractivity contribution is 7.90. The number of hydroxylamine groups is 1. The molecule has 0 spiro atoms. The van der Waals surface area contributed by atoms with E-state index >= 15 is 0 Å². The first kappa shape index (κ1) is 17.5. The summed E-state index contributed by atoms with van der Waals surface area (Å²) in [6.45, 7) is 0. The van der Waals surface area contributed by atoms with Gasteiger partial charge >= 0.3 is 0 Å². The topological polar surface area (TPSA) is 83.5 Å². The van der Waals surface area contributed by atoms with Gasteiger partial charge in [-0.3, -0.25) is 10.0 Å². The molecule has 2 aromatic carbocycles. The maximum absolute atomic E-state index is 12.3. The van der Waals surface area contributed by atoms with E-state index in [4.69, 9.17) is 5.21 Å². The Balaban J connectivity index is 2.06. The molecule has 24 heavy (non-hydrogen) atoms. The Morgan fingerprint density at radius 3 is 2.38 bits per heavy atom. The molecule has 6 heteroatoms. The zero-order valence-corrected chi connectivity index (χ0v) is 13.5. The minimum absolute atomic E-state index is 0.0820. The Labute approximate surface area is 140 Å². The van der Waals surface area contributed by atoms with Gasteiger partial charge in [0.05, 0.1) is 10.6 Å². The van der Waals surface area contributed by atoms with Gasteiger partial charge < -0.3 is 0 Å². The van der Waals surface area contributed by atoms with E-state index < -0.39 is 15.7 Å². The van der Waals surface area contributed by atoms with Crippen molar-refractivity contribution in [2.45, 2.75) is 10.6 Å². The number of hydrogen-bond donors (Lipinski definition) is 2. The highest BCUT2D eigenvalue weighted by Gasteiger charge is 2.14. The second-order valence-electron chi connectivity index (χ2n) is 4.85. The van der Waals surface area contributed by atoms with Gasteiger partial charge in [-0.25, -0.2) is 13.9 Å². The zero-order valence-electron chi connectivity index (χ0n) is 12.6. The molecular formula is C18H15NO4S. The molecule has 1 amide bonds. The molecule has 0 unspecified atom stereocenters. The van der Waals surface area contributed by atoms with Crippen LogP contribution < -0.4 is 5.48 Å². The molecule has 2 aromatic rings. The van der Waals surface area contributed by atoms with E-state index in [0.717, 1.165) is 6.08 Å². The van der Waals surface area contributed by atoms with Gasteiger partial charge in [0.25, 0.3) is 5.91 Å². The molecule has 0 bridgehead atoms. The number of nitrogens with one attached hydrogen (secondary N) is 1. The van der Waals surface area contributed by atoms with Crippen molar-refractivity contribution in [3.05, 3.63) is 77.9 Å². The summed E-state index contributed by atoms with van der Waals surface area (Å²) < 4.78 is 24.6. The first-order valence-corrected chi connectivity index (χ1v) is 8.65. The van der Waals surface area contributed by atoms with Crippen molar-refractivity contribution in [3.63, 3.8) is 0 Å². The highest BCUT2D eigenvalue weighted by atomic mass is 32.2. The van der Waals surface area contributed by atoms with Gasteiger partial charge in [-0.1, -0.05) is 42.2 Å². The number of allylic oxidation sites excluding steroid dienone is 1. The van der Waals surface area contributed by atoms with Crippen LogP contribution in [-0.4, -0.2) is 19.5 Å². The molecular weight excluding hydrogens is 326 g/mol. The number of sulfone groups is 1. The van der Waals surface area contributed by atoms with Gasteiger partial charge in [-0.05, 0) is 35.9 Å². The summed E-state index contributed by atoms with van der Waals surface area (Å²) in [6.07, 6.45) is 2.40. The third-order valence-corrected chi connectivity index (χ3v) is 4.76. The van der Waals surface area contributed by atoms with Crippen LogP contribution in [0.3, 0.4) is 0 Å². The van der Waals surface area contributed by atoms with Gasteiger partial charge in [-0.15, -0.1) is 0 Å². The predicted octanol–water partition coefficient (Wildman–Crippen LogP) is 2.07. The second kappa shape index (κ2) is 8.11. The number of rotatable bonds is 4. The summed E-state index contributed by atoms with van der Waals surface area (Å²) in [5.41, 5.74) is 2.81. The van der Waals surface area contributed by atoms with Crippen molar-refractivity contribution in [2.75, 3.05) is 0 Å². The lowest BCUT2D eigenvalue weighted by Crippen LogP contribution is -2.14. The molecule has 2 N–H and O–H groups in total. The Hall–Kier alpha value is -2.88. The van der Waals surface area contributed by atoms with E-state index in [2.05, 4.69) is 11.8 Å². The summed E-state index contributed by atoms with van der Waals surface area (Å²) >= 11 is 0. The fraction of sp³-hybridized carbons (Fsp3) is 0.0556. The molecule has 0 radical (unpaired) electrons. The van der Waals surface area contributed by atoms with E-state index in [1.165, 1.54) is 11.6 Å². The first-order chi connectivity index (χ1) is 11.5. The minimum atomic E-state index is -3.37. The molecule has 0 fully saturated rings. The van der Waals surface area contributed by atoms with Crippen LogP contribution in [0.1, 0.15) is 11.1 Å². The number of benzene rings is 2. The van der Waals surface area contributed by atoms with Crippen LogP contribution in [0.4, 0.5) is 0 Å². The maximum atomic E-state index is 12.3. The smallest absolute Gasteiger partial charge is 0.267 e. The van der Waals surface area contributed by atoms with Crippen molar-refractivity contribution in [1.29, 1.82) is 0 Å². The van der Waals surface area contributed by atoms with Crippen molar-refractivity contribution < 1.29 is 18.4 Å². The van der Waals surface area contributed by atoms with E-state index in [9.17, 15) is 13.2 Å². The summed E-state index contributed by atoms with van der Waals surface area (Å²) in [6, 6.07) is 15.1. The number of hydrogen-bond acceptors (Lipinski definition) is 4. The highest BCUT2D eigenvalue weighted by Crippen LogP contribution is 2.16. The van der Waals surface area contributed by atoms with E-state index in [0.29, 0.717) is 16.0 Å². The maximum Gasteiger partial charge on any atom is 0.267 e. The fourth-order valence-corrected chi connectivity index (χ4v) is 3.26. The molecule has 0 heterocycles. The normalized spacial score (nSPS) is 10.9. The summed E-state index contributed by atoms with van der Waals surface area (Å²) in [5, 5.41) is 8.31. The van der Waals surface area contributed by atoms with Crippen LogP contribution in [0.15, 0.2) is 71.6 Å². The van der Waals surface area contributed by atoms with E-state index in [1.807, 2.05) is 0 Å². The van der Waals surface area contributed by atoms with E-state index in [1.54, 1.807) is 54.6 Å². The van der Waals surface area contributed by atoms with Crippen molar-refractivity contribution >= 4 is 15.7 Å². The predicted molar refractivity (Wildman–Crippen MR) is 89.7 cm³/mol. The molecule has 2 rings (SSSR count). The third-order valence-electron chi connectivity index (χ3n) is 3.06. The van der Waals surface area contributed by atoms with Gasteiger partial charge in [0.15, 0.2) is 9.84 Å². The van der Waals surface area contributed by atoms with Crippen molar-refractivity contribution in [1.82, 2.24) is 5.48 Å². The van der Waals surface area contributed by atoms with Crippen LogP contribution in [0, 0.1) is 11.8 Å². The summed E-state index contributed by atoms with van der Waals surface area (Å²) in [5.74, 6) is 4.69. The Bertz CT molecular complexity index is 890. The quantitative estimate of drug-likeness (QED) is 0.386. The molecule has 0 aliphatic rings. The molecule has 0 aliphatic heterocycles. The largest absolute Gasteiger partial charge is 0.288 e. The number of carbonyl (C=O) groups excluding carboxylic acids is 1. The molecule has 0 atom stereocenters. The molecule has 0 saturated heterocycles. The molecule has 0 aromatic heterocycles. The Kier molecular flexibility index (Phi) is 5.90. The molecule has 0 saturated carbocycles. The lowest BCUT2D eigenvalue weighted by atomic mass is 10.1. The third kappa shape index (κ3) is 5.09. The van der Waals surface area contributed by atoms with Gasteiger partial charge in [-0.2, -0.15) is 0 Å². The van der Waals surface area contributed by atoms with Crippen LogP contribution in [0.2, 0.25) is 0 Å². The van der Waals surface area contributed by atoms with Crippen molar-refractivity contribution in [2.24, 2.45) is 0 Å². The average Bonchev–Trinajstić information content (AvgIpc) is 2.60. The summed E-state index contributed by atoms with van der Waals surface area (Å²) in [7, 11) is -3.37. The average molecular weight is 341 g/mol. The van der Waals surface area contributed by atoms with E-state index in [-0.39, 0.29) is 5.75 Å². The molecule has 5 nitrogen and oxygen atoms in total. The van der Waals surface area contributed by atoms with Crippen molar-refractivity contribution in [3.8, 4) is 11.8 Å². The van der Waals surface area contributed by atoms with Gasteiger partial charge in [0.1, 0.15) is 0 Å². The first-order valence-electron chi connectivity index (χ1n) is 7.00. The lowest BCUT2D eigenvalue weighted by Gasteiger charge is -2.04. The Morgan fingerprint density at radius 1 is 1.08 bits per heavy atom. The summed E-state index contributed by atoms with van der Waals surface area (Å²) in [4.78, 5) is 11.0. The Morgan fingerprint density at radius 2 is 1.75 bits per heavy atom. The second-order valence-corrected chi connectivity index (χ2v) is 6.84. The SMILES string of the molecule is O=C(/C=C/C#Cc1ccc(CS(=O)(=O)c2ccccc2)cc1)NO. The van der Waals surface area contributed by atoms with Crippen LogP contribution in [0.25, 0.3) is 0 Å². The minimum Gasteiger partial charge on any atom is -0.288 e. The van der Waals surface area contributed by atoms with Gasteiger partial charge in [0.2, 0.25) is 0 Å². The van der Waals surface area contributed by atoms with Gasteiger partial charge in [0, 0.05) is 11.6 Å². The van der Waals surface area contributed by atoms with Crippen LogP contribution in [-0.2, 0) is 20.4 Å². The lowest BCUT2D eigenvalue weighted by molar-refractivity contribution is -0.124. The number of carbonyl (C=O) groups is 1. The monoisotopic (exact) mass is 341 g/mol. The fourth-order valence-electron chi connectivity index (χ4n) is 1.89. The zero-order chi connectivity index (χ0) is 17.4. The number of amides is 1. The standard InChI is InChI=1S/C18H15NO4S/c20-18(19-21)9-5-4-6-15-10-12-16(13-11-15)14-24(22,23)17-7-2-1-3-8-17/h1-3,5,7-13,21H,14H2,(H,19,20)/b9-5+.